The number of hydrogen-bond acceptors (Lipinski definition) is 7. The van der Waals surface area contributed by atoms with E-state index < -0.39 is 0 Å². The smallest absolute Gasteiger partial charge is 0.252 e. The zero-order valence-electron chi connectivity index (χ0n) is 23.7. The van der Waals surface area contributed by atoms with Crippen molar-refractivity contribution in [3.63, 3.8) is 0 Å². The summed E-state index contributed by atoms with van der Waals surface area (Å²) in [6.45, 7) is 18.8. The lowest BCUT2D eigenvalue weighted by Crippen LogP contribution is -2.47. The topological polar surface area (TPSA) is 92.6 Å². The highest BCUT2D eigenvalue weighted by Gasteiger charge is 2.21. The molecule has 4 rings (SSSR count). The van der Waals surface area contributed by atoms with Crippen LogP contribution in [-0.2, 0) is 17.9 Å². The summed E-state index contributed by atoms with van der Waals surface area (Å²) in [7, 11) is 0. The Kier molecular flexibility index (Phi) is 8.70. The maximum atomic E-state index is 12.8. The molecule has 0 aliphatic carbocycles. The van der Waals surface area contributed by atoms with Gasteiger partial charge in [-0.05, 0) is 42.5 Å². The third kappa shape index (κ3) is 7.03. The van der Waals surface area contributed by atoms with Gasteiger partial charge < -0.3 is 15.0 Å². The molecular weight excluding hydrogens is 492 g/mol. The molecule has 3 aromatic rings. The summed E-state index contributed by atoms with van der Waals surface area (Å²) in [6, 6.07) is 11.7. The highest BCUT2D eigenvalue weighted by molar-refractivity contribution is 5.87. The summed E-state index contributed by atoms with van der Waals surface area (Å²) < 4.78 is 7.55. The second kappa shape index (κ2) is 12.0. The number of piperazine rings is 1. The number of carbonyl (C=O) groups is 1. The average molecular weight is 533 g/mol. The van der Waals surface area contributed by atoms with Gasteiger partial charge in [-0.2, -0.15) is 9.97 Å². The van der Waals surface area contributed by atoms with E-state index in [1.54, 1.807) is 16.7 Å². The Morgan fingerprint density at radius 1 is 1.10 bits per heavy atom. The lowest BCUT2D eigenvalue weighted by molar-refractivity contribution is -0.127. The fourth-order valence-corrected chi connectivity index (χ4v) is 4.78. The lowest BCUT2D eigenvalue weighted by Gasteiger charge is -2.34. The number of nitrogens with one attached hydrogen (secondary N) is 1. The number of aromatic nitrogens is 3. The molecule has 3 heterocycles. The normalized spacial score (nSPS) is 15.3. The molecule has 1 aromatic carbocycles. The van der Waals surface area contributed by atoms with Gasteiger partial charge in [0.2, 0.25) is 17.7 Å². The minimum absolute atomic E-state index is 0.00162. The predicted molar refractivity (Wildman–Crippen MR) is 155 cm³/mol. The summed E-state index contributed by atoms with van der Waals surface area (Å²) in [6.07, 6.45) is 1.38. The molecule has 208 valence electrons. The number of rotatable bonds is 9. The van der Waals surface area contributed by atoms with Crippen molar-refractivity contribution in [3.05, 3.63) is 70.5 Å². The molecule has 1 unspecified atom stereocenters. The van der Waals surface area contributed by atoms with Crippen LogP contribution in [0.1, 0.15) is 51.8 Å². The van der Waals surface area contributed by atoms with Gasteiger partial charge in [-0.25, -0.2) is 0 Å². The molecular formula is C30H40N6O3. The second-order valence-corrected chi connectivity index (χ2v) is 11.3. The molecule has 39 heavy (non-hydrogen) atoms. The highest BCUT2D eigenvalue weighted by atomic mass is 16.5. The molecule has 0 saturated carbocycles. The number of fused-ring (bicyclic) bond motifs is 1. The van der Waals surface area contributed by atoms with Crippen LogP contribution < -0.4 is 15.6 Å². The molecule has 1 fully saturated rings. The molecule has 9 heteroatoms. The summed E-state index contributed by atoms with van der Waals surface area (Å²) >= 11 is 0. The molecule has 1 aliphatic rings. The number of nitrogens with zero attached hydrogens (tertiary/aromatic N) is 5. The molecule has 0 spiro atoms. The van der Waals surface area contributed by atoms with Crippen molar-refractivity contribution in [2.75, 3.05) is 38.1 Å². The van der Waals surface area contributed by atoms with Crippen LogP contribution in [0.2, 0.25) is 0 Å². The molecule has 1 saturated heterocycles. The zero-order chi connectivity index (χ0) is 28.2. The lowest BCUT2D eigenvalue weighted by atomic mass is 9.97. The molecule has 2 aromatic heterocycles. The zero-order valence-corrected chi connectivity index (χ0v) is 23.7. The van der Waals surface area contributed by atoms with E-state index in [9.17, 15) is 9.59 Å². The van der Waals surface area contributed by atoms with Gasteiger partial charge in [0.05, 0.1) is 18.0 Å². The summed E-state index contributed by atoms with van der Waals surface area (Å²) in [5.41, 5.74) is 2.69. The SMILES string of the molecule is C=CC(=O)N1CCN(Cc2ccc(C(C)Nc3nc(OCC)c4ccc(=O)n(CC(C)(C)C)c4n3)cc2)CC1. The van der Waals surface area contributed by atoms with Crippen LogP contribution in [-0.4, -0.2) is 63.0 Å². The third-order valence-electron chi connectivity index (χ3n) is 6.81. The first-order valence-electron chi connectivity index (χ1n) is 13.6. The number of hydrogen-bond donors (Lipinski definition) is 1. The molecule has 0 radical (unpaired) electrons. The Morgan fingerprint density at radius 3 is 2.41 bits per heavy atom. The number of carbonyl (C=O) groups excluding carboxylic acids is 1. The van der Waals surface area contributed by atoms with Crippen molar-refractivity contribution in [1.82, 2.24) is 24.3 Å². The largest absolute Gasteiger partial charge is 0.477 e. The van der Waals surface area contributed by atoms with Crippen LogP contribution in [0.25, 0.3) is 11.0 Å². The molecule has 1 atom stereocenters. The van der Waals surface area contributed by atoms with Gasteiger partial charge in [-0.1, -0.05) is 51.6 Å². The number of amides is 1. The average Bonchev–Trinajstić information content (AvgIpc) is 2.90. The van der Waals surface area contributed by atoms with E-state index in [4.69, 9.17) is 9.72 Å². The van der Waals surface area contributed by atoms with Crippen LogP contribution >= 0.6 is 0 Å². The van der Waals surface area contributed by atoms with Crippen molar-refractivity contribution in [2.45, 2.75) is 53.8 Å². The fourth-order valence-electron chi connectivity index (χ4n) is 4.78. The van der Waals surface area contributed by atoms with E-state index in [2.05, 4.69) is 73.7 Å². The number of ether oxygens (including phenoxy) is 1. The van der Waals surface area contributed by atoms with Crippen molar-refractivity contribution >= 4 is 22.9 Å². The van der Waals surface area contributed by atoms with Crippen molar-refractivity contribution in [3.8, 4) is 5.88 Å². The Bertz CT molecular complexity index is 1370. The van der Waals surface area contributed by atoms with Crippen molar-refractivity contribution in [2.24, 2.45) is 5.41 Å². The fraction of sp³-hybridized carbons (Fsp3) is 0.467. The van der Waals surface area contributed by atoms with Crippen LogP contribution in [0.3, 0.4) is 0 Å². The predicted octanol–water partition coefficient (Wildman–Crippen LogP) is 4.24. The van der Waals surface area contributed by atoms with E-state index in [0.29, 0.717) is 30.6 Å². The molecule has 0 bridgehead atoms. The third-order valence-corrected chi connectivity index (χ3v) is 6.81. The molecule has 1 aliphatic heterocycles. The van der Waals surface area contributed by atoms with E-state index in [0.717, 1.165) is 43.7 Å². The first-order valence-corrected chi connectivity index (χ1v) is 13.6. The Labute approximate surface area is 230 Å². The van der Waals surface area contributed by atoms with Gasteiger partial charge in [0.25, 0.3) is 5.56 Å². The quantitative estimate of drug-likeness (QED) is 0.412. The van der Waals surface area contributed by atoms with Crippen LogP contribution in [0, 0.1) is 5.41 Å². The molecule has 9 nitrogen and oxygen atoms in total. The molecule has 1 N–H and O–H groups in total. The van der Waals surface area contributed by atoms with Gasteiger partial charge in [0.15, 0.2) is 5.65 Å². The number of benzene rings is 1. The molecule has 1 amide bonds. The monoisotopic (exact) mass is 532 g/mol. The van der Waals surface area contributed by atoms with Crippen LogP contribution in [0.15, 0.2) is 53.8 Å². The van der Waals surface area contributed by atoms with Gasteiger partial charge in [0.1, 0.15) is 0 Å². The van der Waals surface area contributed by atoms with Gasteiger partial charge >= 0.3 is 0 Å². The van der Waals surface area contributed by atoms with E-state index in [1.165, 1.54) is 11.6 Å². The minimum atomic E-state index is -0.103. The Hall–Kier alpha value is -3.72. The standard InChI is InChI=1S/C30H40N6O3/c1-7-25(37)35-17-15-34(16-18-35)19-22-9-11-23(12-10-22)21(3)31-29-32-27-24(28(33-29)39-8-2)13-14-26(38)36(27)20-30(4,5)6/h7,9-14,21H,1,8,15-20H2,2-6H3,(H,31,32,33). The first kappa shape index (κ1) is 28.3. The Morgan fingerprint density at radius 2 is 1.79 bits per heavy atom. The van der Waals surface area contributed by atoms with Gasteiger partial charge in [-0.3, -0.25) is 19.1 Å². The summed E-state index contributed by atoms with van der Waals surface area (Å²) in [4.78, 5) is 38.2. The summed E-state index contributed by atoms with van der Waals surface area (Å²) in [5, 5.41) is 4.13. The second-order valence-electron chi connectivity index (χ2n) is 11.3. The minimum Gasteiger partial charge on any atom is -0.477 e. The van der Waals surface area contributed by atoms with E-state index in [1.807, 2.05) is 11.8 Å². The van der Waals surface area contributed by atoms with Crippen LogP contribution in [0.5, 0.6) is 5.88 Å². The van der Waals surface area contributed by atoms with Gasteiger partial charge in [-0.15, -0.1) is 0 Å². The maximum absolute atomic E-state index is 12.8. The van der Waals surface area contributed by atoms with E-state index >= 15 is 0 Å². The van der Waals surface area contributed by atoms with Crippen molar-refractivity contribution in [1.29, 1.82) is 0 Å². The summed E-state index contributed by atoms with van der Waals surface area (Å²) in [5.74, 6) is 0.884. The van der Waals surface area contributed by atoms with E-state index in [-0.39, 0.29) is 22.9 Å². The maximum Gasteiger partial charge on any atom is 0.252 e. The highest BCUT2D eigenvalue weighted by Crippen LogP contribution is 2.27. The van der Waals surface area contributed by atoms with Crippen molar-refractivity contribution < 1.29 is 9.53 Å². The number of anilines is 1. The van der Waals surface area contributed by atoms with Gasteiger partial charge in [0, 0.05) is 45.3 Å². The Balaban J connectivity index is 1.50. The number of pyridine rings is 1. The van der Waals surface area contributed by atoms with Crippen LogP contribution in [0.4, 0.5) is 5.95 Å². The first-order chi connectivity index (χ1) is 18.6.